The number of pyridine rings is 1. The van der Waals surface area contributed by atoms with E-state index in [4.69, 9.17) is 0 Å². The lowest BCUT2D eigenvalue weighted by atomic mass is 10.0. The minimum Gasteiger partial charge on any atom is -0.332 e. The van der Waals surface area contributed by atoms with Crippen LogP contribution in [0, 0.1) is 5.92 Å². The number of hydrogen-bond acceptors (Lipinski definition) is 2. The van der Waals surface area contributed by atoms with E-state index in [2.05, 4.69) is 25.8 Å². The molecule has 0 aliphatic heterocycles. The Balaban J connectivity index is 2.90. The molecular weight excluding hydrogens is 224 g/mol. The molecule has 0 aliphatic carbocycles. The van der Waals surface area contributed by atoms with E-state index in [0.717, 1.165) is 12.1 Å². The van der Waals surface area contributed by atoms with Gasteiger partial charge in [0.2, 0.25) is 5.91 Å². The first-order valence-corrected chi connectivity index (χ1v) is 6.57. The molecule has 3 heteroatoms. The first-order valence-electron chi connectivity index (χ1n) is 6.57. The van der Waals surface area contributed by atoms with Crippen molar-refractivity contribution in [2.24, 2.45) is 5.92 Å². The van der Waals surface area contributed by atoms with E-state index in [1.54, 1.807) is 6.20 Å². The smallest absolute Gasteiger partial charge is 0.226 e. The minimum absolute atomic E-state index is 0.0629. The Labute approximate surface area is 110 Å². The maximum absolute atomic E-state index is 12.4. The molecule has 0 N–H and O–H groups in total. The summed E-state index contributed by atoms with van der Waals surface area (Å²) < 4.78 is 0. The van der Waals surface area contributed by atoms with Crippen molar-refractivity contribution in [2.75, 3.05) is 0 Å². The quantitative estimate of drug-likeness (QED) is 0.819. The summed E-state index contributed by atoms with van der Waals surface area (Å²) in [4.78, 5) is 18.6. The number of aromatic nitrogens is 1. The molecule has 0 bridgehead atoms. The molecule has 18 heavy (non-hydrogen) atoms. The SMILES string of the molecule is CCC(C)C(=O)N(Cc1ccccn1)C(C)(C)C. The van der Waals surface area contributed by atoms with Gasteiger partial charge >= 0.3 is 0 Å². The van der Waals surface area contributed by atoms with Crippen molar-refractivity contribution in [1.82, 2.24) is 9.88 Å². The van der Waals surface area contributed by atoms with Crippen LogP contribution in [0.2, 0.25) is 0 Å². The maximum Gasteiger partial charge on any atom is 0.226 e. The predicted octanol–water partition coefficient (Wildman–Crippen LogP) is 3.25. The van der Waals surface area contributed by atoms with Crippen LogP contribution in [0.4, 0.5) is 0 Å². The van der Waals surface area contributed by atoms with Gasteiger partial charge in [-0.1, -0.05) is 19.9 Å². The van der Waals surface area contributed by atoms with Gasteiger partial charge in [-0.05, 0) is 39.3 Å². The summed E-state index contributed by atoms with van der Waals surface area (Å²) in [6.45, 7) is 10.8. The van der Waals surface area contributed by atoms with E-state index >= 15 is 0 Å². The molecule has 0 spiro atoms. The van der Waals surface area contributed by atoms with Crippen LogP contribution in [0.5, 0.6) is 0 Å². The summed E-state index contributed by atoms with van der Waals surface area (Å²) >= 11 is 0. The molecule has 100 valence electrons. The highest BCUT2D eigenvalue weighted by atomic mass is 16.2. The summed E-state index contributed by atoms with van der Waals surface area (Å²) in [6, 6.07) is 5.81. The third kappa shape index (κ3) is 3.83. The van der Waals surface area contributed by atoms with Crippen LogP contribution < -0.4 is 0 Å². The first-order chi connectivity index (χ1) is 8.36. The molecule has 3 nitrogen and oxygen atoms in total. The van der Waals surface area contributed by atoms with Gasteiger partial charge in [0.15, 0.2) is 0 Å². The van der Waals surface area contributed by atoms with E-state index < -0.39 is 0 Å². The number of hydrogen-bond donors (Lipinski definition) is 0. The van der Waals surface area contributed by atoms with Gasteiger partial charge in [0, 0.05) is 17.7 Å². The highest BCUT2D eigenvalue weighted by Crippen LogP contribution is 2.20. The zero-order valence-electron chi connectivity index (χ0n) is 12.1. The van der Waals surface area contributed by atoms with Crippen LogP contribution in [0.25, 0.3) is 0 Å². The van der Waals surface area contributed by atoms with Gasteiger partial charge in [0.25, 0.3) is 0 Å². The summed E-state index contributed by atoms with van der Waals surface area (Å²) in [5.74, 6) is 0.267. The van der Waals surface area contributed by atoms with Crippen LogP contribution in [0.15, 0.2) is 24.4 Å². The molecule has 0 aliphatic rings. The molecule has 1 heterocycles. The highest BCUT2D eigenvalue weighted by Gasteiger charge is 2.29. The van der Waals surface area contributed by atoms with Gasteiger partial charge in [0.05, 0.1) is 12.2 Å². The molecule has 0 saturated heterocycles. The third-order valence-electron chi connectivity index (χ3n) is 3.16. The van der Waals surface area contributed by atoms with E-state index in [1.165, 1.54) is 0 Å². The Morgan fingerprint density at radius 2 is 2.06 bits per heavy atom. The number of nitrogens with zero attached hydrogens (tertiary/aromatic N) is 2. The zero-order valence-corrected chi connectivity index (χ0v) is 12.1. The molecule has 0 radical (unpaired) electrons. The molecule has 1 unspecified atom stereocenters. The fraction of sp³-hybridized carbons (Fsp3) is 0.600. The number of carbonyl (C=O) groups is 1. The first kappa shape index (κ1) is 14.7. The summed E-state index contributed by atoms with van der Waals surface area (Å²) in [5, 5.41) is 0. The summed E-state index contributed by atoms with van der Waals surface area (Å²) in [6.07, 6.45) is 2.64. The Kier molecular flexibility index (Phi) is 4.88. The van der Waals surface area contributed by atoms with Gasteiger partial charge in [-0.2, -0.15) is 0 Å². The average molecular weight is 248 g/mol. The largest absolute Gasteiger partial charge is 0.332 e. The van der Waals surface area contributed by atoms with Crippen molar-refractivity contribution in [3.8, 4) is 0 Å². The lowest BCUT2D eigenvalue weighted by molar-refractivity contribution is -0.140. The molecule has 0 aromatic carbocycles. The molecule has 1 rings (SSSR count). The molecule has 0 fully saturated rings. The molecule has 1 aromatic heterocycles. The van der Waals surface area contributed by atoms with Crippen LogP contribution in [0.3, 0.4) is 0 Å². The highest BCUT2D eigenvalue weighted by molar-refractivity contribution is 5.79. The van der Waals surface area contributed by atoms with E-state index in [-0.39, 0.29) is 17.4 Å². The molecule has 0 saturated carbocycles. The number of rotatable bonds is 4. The molecule has 1 aromatic rings. The van der Waals surface area contributed by atoms with Crippen LogP contribution >= 0.6 is 0 Å². The van der Waals surface area contributed by atoms with Crippen molar-refractivity contribution in [3.63, 3.8) is 0 Å². The summed E-state index contributed by atoms with van der Waals surface area (Å²) in [7, 11) is 0. The fourth-order valence-corrected chi connectivity index (χ4v) is 1.74. The van der Waals surface area contributed by atoms with Gasteiger partial charge < -0.3 is 4.90 Å². The van der Waals surface area contributed by atoms with Crippen molar-refractivity contribution >= 4 is 5.91 Å². The molecule has 1 amide bonds. The van der Waals surface area contributed by atoms with Crippen molar-refractivity contribution in [2.45, 2.75) is 53.1 Å². The lowest BCUT2D eigenvalue weighted by Crippen LogP contribution is -2.47. The number of amides is 1. The van der Waals surface area contributed by atoms with E-state index in [9.17, 15) is 4.79 Å². The van der Waals surface area contributed by atoms with Crippen molar-refractivity contribution in [1.29, 1.82) is 0 Å². The van der Waals surface area contributed by atoms with Gasteiger partial charge in [-0.15, -0.1) is 0 Å². The van der Waals surface area contributed by atoms with Gasteiger partial charge in [-0.3, -0.25) is 9.78 Å². The molecular formula is C15H24N2O. The Morgan fingerprint density at radius 1 is 1.39 bits per heavy atom. The topological polar surface area (TPSA) is 33.2 Å². The normalized spacial score (nSPS) is 13.2. The Morgan fingerprint density at radius 3 is 2.50 bits per heavy atom. The van der Waals surface area contributed by atoms with Gasteiger partial charge in [-0.25, -0.2) is 0 Å². The zero-order chi connectivity index (χ0) is 13.8. The van der Waals surface area contributed by atoms with Crippen LogP contribution in [-0.2, 0) is 11.3 Å². The average Bonchev–Trinajstić information content (AvgIpc) is 2.34. The Bertz CT molecular complexity index is 381. The van der Waals surface area contributed by atoms with E-state index in [0.29, 0.717) is 6.54 Å². The lowest BCUT2D eigenvalue weighted by Gasteiger charge is -2.37. The minimum atomic E-state index is -0.183. The molecule has 1 atom stereocenters. The fourth-order valence-electron chi connectivity index (χ4n) is 1.74. The second-order valence-electron chi connectivity index (χ2n) is 5.73. The van der Waals surface area contributed by atoms with Crippen molar-refractivity contribution in [3.05, 3.63) is 30.1 Å². The Hall–Kier alpha value is -1.38. The second-order valence-corrected chi connectivity index (χ2v) is 5.73. The van der Waals surface area contributed by atoms with E-state index in [1.807, 2.05) is 36.9 Å². The van der Waals surface area contributed by atoms with Crippen LogP contribution in [0.1, 0.15) is 46.7 Å². The maximum atomic E-state index is 12.4. The number of carbonyl (C=O) groups excluding carboxylic acids is 1. The van der Waals surface area contributed by atoms with Crippen LogP contribution in [-0.4, -0.2) is 21.3 Å². The van der Waals surface area contributed by atoms with Gasteiger partial charge in [0.1, 0.15) is 0 Å². The predicted molar refractivity (Wildman–Crippen MR) is 74.0 cm³/mol. The van der Waals surface area contributed by atoms with Crippen molar-refractivity contribution < 1.29 is 4.79 Å². The monoisotopic (exact) mass is 248 g/mol. The second kappa shape index (κ2) is 5.98. The summed E-state index contributed by atoms with van der Waals surface area (Å²) in [5.41, 5.74) is 0.752. The third-order valence-corrected chi connectivity index (χ3v) is 3.16. The standard InChI is InChI=1S/C15H24N2O/c1-6-12(2)14(18)17(15(3,4)5)11-13-9-7-8-10-16-13/h7-10,12H,6,11H2,1-5H3.